The summed E-state index contributed by atoms with van der Waals surface area (Å²) in [5.74, 6) is 2.06. The number of benzene rings is 3. The number of aromatic hydroxyl groups is 2. The molecule has 0 saturated carbocycles. The molecule has 0 aliphatic carbocycles. The van der Waals surface area contributed by atoms with Gasteiger partial charge in [0, 0.05) is 46.6 Å². The third kappa shape index (κ3) is 3.12. The van der Waals surface area contributed by atoms with Gasteiger partial charge in [0.25, 0.3) is 0 Å². The van der Waals surface area contributed by atoms with Gasteiger partial charge in [-0.3, -0.25) is 0 Å². The van der Waals surface area contributed by atoms with E-state index in [9.17, 15) is 10.2 Å². The predicted molar refractivity (Wildman–Crippen MR) is 116 cm³/mol. The summed E-state index contributed by atoms with van der Waals surface area (Å²) in [6.45, 7) is 3.09. The molecule has 2 unspecified atom stereocenters. The topological polar surface area (TPSA) is 74.7 Å². The molecule has 0 saturated heterocycles. The van der Waals surface area contributed by atoms with Gasteiger partial charge in [-0.15, -0.1) is 0 Å². The lowest BCUT2D eigenvalue weighted by Crippen LogP contribution is -2.25. The summed E-state index contributed by atoms with van der Waals surface area (Å²) >= 11 is 0. The van der Waals surface area contributed by atoms with Crippen LogP contribution in [0.4, 0.5) is 0 Å². The Hall–Kier alpha value is -3.60. The zero-order valence-corrected chi connectivity index (χ0v) is 16.6. The molecule has 2 heterocycles. The molecule has 152 valence electrons. The van der Waals surface area contributed by atoms with E-state index in [0.717, 1.165) is 27.8 Å². The molecule has 5 rings (SSSR count). The summed E-state index contributed by atoms with van der Waals surface area (Å²) < 4.78 is 11.7. The highest BCUT2D eigenvalue weighted by molar-refractivity contribution is 5.85. The number of H-pyrrole nitrogens is 1. The van der Waals surface area contributed by atoms with Crippen molar-refractivity contribution in [2.45, 2.75) is 18.8 Å². The lowest BCUT2D eigenvalue weighted by atomic mass is 9.76. The number of fused-ring (bicyclic) bond motifs is 2. The standard InChI is InChI=1S/C25H23NO4/c1-2-29-18-8-10-19-21(13-26-23(19)12-18)22-14-30-24-11-17(28)7-9-20(24)25(22)15-3-5-16(27)6-4-15/h3-13,22,25-28H,2,14H2,1H3. The first-order valence-corrected chi connectivity index (χ1v) is 10.1. The molecular weight excluding hydrogens is 378 g/mol. The van der Waals surface area contributed by atoms with E-state index in [-0.39, 0.29) is 23.3 Å². The fourth-order valence-electron chi connectivity index (χ4n) is 4.45. The van der Waals surface area contributed by atoms with Crippen molar-refractivity contribution in [3.8, 4) is 23.0 Å². The van der Waals surface area contributed by atoms with Crippen molar-refractivity contribution in [2.75, 3.05) is 13.2 Å². The van der Waals surface area contributed by atoms with Gasteiger partial charge in [0.05, 0.1) is 13.2 Å². The maximum atomic E-state index is 9.91. The number of phenolic OH excluding ortho intramolecular Hbond substituents is 2. The molecule has 3 N–H and O–H groups in total. The minimum absolute atomic E-state index is 0.0283. The number of rotatable bonds is 4. The zero-order valence-electron chi connectivity index (χ0n) is 16.6. The first-order valence-electron chi connectivity index (χ1n) is 10.1. The molecular formula is C25H23NO4. The molecule has 3 aromatic carbocycles. The lowest BCUT2D eigenvalue weighted by Gasteiger charge is -2.34. The summed E-state index contributed by atoms with van der Waals surface area (Å²) in [6, 6.07) is 18.7. The van der Waals surface area contributed by atoms with E-state index in [1.807, 2.05) is 43.5 Å². The van der Waals surface area contributed by atoms with E-state index in [1.54, 1.807) is 24.3 Å². The monoisotopic (exact) mass is 401 g/mol. The molecule has 1 aromatic heterocycles. The number of hydrogen-bond donors (Lipinski definition) is 3. The van der Waals surface area contributed by atoms with Crippen LogP contribution in [-0.4, -0.2) is 28.4 Å². The maximum Gasteiger partial charge on any atom is 0.126 e. The summed E-state index contributed by atoms with van der Waals surface area (Å²) in [4.78, 5) is 3.38. The second-order valence-corrected chi connectivity index (χ2v) is 7.59. The van der Waals surface area contributed by atoms with E-state index in [1.165, 1.54) is 5.56 Å². The van der Waals surface area contributed by atoms with Crippen LogP contribution in [0.3, 0.4) is 0 Å². The summed E-state index contributed by atoms with van der Waals surface area (Å²) in [5.41, 5.74) is 4.31. The van der Waals surface area contributed by atoms with Crippen molar-refractivity contribution >= 4 is 10.9 Å². The molecule has 1 aliphatic heterocycles. The molecule has 0 amide bonds. The van der Waals surface area contributed by atoms with Crippen molar-refractivity contribution in [3.63, 3.8) is 0 Å². The average molecular weight is 401 g/mol. The highest BCUT2D eigenvalue weighted by Crippen LogP contribution is 2.48. The third-order valence-corrected chi connectivity index (χ3v) is 5.80. The molecule has 5 heteroatoms. The maximum absolute atomic E-state index is 9.91. The number of ether oxygens (including phenoxy) is 2. The van der Waals surface area contributed by atoms with Crippen molar-refractivity contribution < 1.29 is 19.7 Å². The second-order valence-electron chi connectivity index (χ2n) is 7.59. The quantitative estimate of drug-likeness (QED) is 0.435. The van der Waals surface area contributed by atoms with E-state index >= 15 is 0 Å². The van der Waals surface area contributed by atoms with Gasteiger partial charge in [-0.25, -0.2) is 0 Å². The number of aromatic nitrogens is 1. The predicted octanol–water partition coefficient (Wildman–Crippen LogP) is 5.29. The largest absolute Gasteiger partial charge is 0.508 e. The van der Waals surface area contributed by atoms with Gasteiger partial charge >= 0.3 is 0 Å². The van der Waals surface area contributed by atoms with Gasteiger partial charge in [-0.1, -0.05) is 18.2 Å². The SMILES string of the molecule is CCOc1ccc2c(C3COc4cc(O)ccc4C3c3ccc(O)cc3)c[nH]c2c1. The van der Waals surface area contributed by atoms with Crippen LogP contribution in [0, 0.1) is 0 Å². The van der Waals surface area contributed by atoms with Crippen molar-refractivity contribution in [1.82, 2.24) is 4.98 Å². The normalized spacial score (nSPS) is 18.0. The van der Waals surface area contributed by atoms with Gasteiger partial charge in [0.15, 0.2) is 0 Å². The molecule has 30 heavy (non-hydrogen) atoms. The van der Waals surface area contributed by atoms with Crippen LogP contribution in [0.1, 0.15) is 35.4 Å². The molecule has 5 nitrogen and oxygen atoms in total. The Bertz CT molecular complexity index is 1200. The number of aromatic amines is 1. The molecule has 0 spiro atoms. The fraction of sp³-hybridized carbons (Fsp3) is 0.200. The molecule has 0 bridgehead atoms. The van der Waals surface area contributed by atoms with Crippen LogP contribution in [0.25, 0.3) is 10.9 Å². The highest BCUT2D eigenvalue weighted by Gasteiger charge is 2.35. The summed E-state index contributed by atoms with van der Waals surface area (Å²) in [6.07, 6.45) is 2.05. The Morgan fingerprint density at radius 2 is 1.77 bits per heavy atom. The van der Waals surface area contributed by atoms with Crippen LogP contribution in [0.2, 0.25) is 0 Å². The lowest BCUT2D eigenvalue weighted by molar-refractivity contribution is 0.248. The molecule has 0 fully saturated rings. The van der Waals surface area contributed by atoms with Crippen LogP contribution in [0.15, 0.2) is 66.9 Å². The Morgan fingerprint density at radius 1 is 0.967 bits per heavy atom. The number of nitrogens with one attached hydrogen (secondary N) is 1. The van der Waals surface area contributed by atoms with Crippen molar-refractivity contribution in [1.29, 1.82) is 0 Å². The van der Waals surface area contributed by atoms with E-state index in [4.69, 9.17) is 9.47 Å². The van der Waals surface area contributed by atoms with Gasteiger partial charge in [0.1, 0.15) is 23.0 Å². The van der Waals surface area contributed by atoms with E-state index in [2.05, 4.69) is 11.1 Å². The minimum atomic E-state index is 0.0283. The smallest absolute Gasteiger partial charge is 0.126 e. The van der Waals surface area contributed by atoms with Crippen LogP contribution >= 0.6 is 0 Å². The minimum Gasteiger partial charge on any atom is -0.508 e. The Morgan fingerprint density at radius 3 is 2.57 bits per heavy atom. The Balaban J connectivity index is 1.64. The first-order chi connectivity index (χ1) is 14.6. The van der Waals surface area contributed by atoms with Gasteiger partial charge in [-0.2, -0.15) is 0 Å². The fourth-order valence-corrected chi connectivity index (χ4v) is 4.45. The third-order valence-electron chi connectivity index (χ3n) is 5.80. The molecule has 0 radical (unpaired) electrons. The van der Waals surface area contributed by atoms with Crippen LogP contribution in [-0.2, 0) is 0 Å². The van der Waals surface area contributed by atoms with E-state index in [0.29, 0.717) is 19.0 Å². The number of hydrogen-bond acceptors (Lipinski definition) is 4. The average Bonchev–Trinajstić information content (AvgIpc) is 3.17. The van der Waals surface area contributed by atoms with Gasteiger partial charge in [0.2, 0.25) is 0 Å². The summed E-state index contributed by atoms with van der Waals surface area (Å²) in [7, 11) is 0. The highest BCUT2D eigenvalue weighted by atomic mass is 16.5. The molecule has 1 aliphatic rings. The van der Waals surface area contributed by atoms with Gasteiger partial charge in [-0.05, 0) is 48.4 Å². The summed E-state index contributed by atoms with van der Waals surface area (Å²) in [5, 5.41) is 20.8. The van der Waals surface area contributed by atoms with Crippen molar-refractivity contribution in [3.05, 3.63) is 83.6 Å². The Kier molecular flexibility index (Phi) is 4.51. The van der Waals surface area contributed by atoms with Crippen molar-refractivity contribution in [2.24, 2.45) is 0 Å². The van der Waals surface area contributed by atoms with Crippen LogP contribution in [0.5, 0.6) is 23.0 Å². The van der Waals surface area contributed by atoms with E-state index < -0.39 is 0 Å². The molecule has 4 aromatic rings. The first kappa shape index (κ1) is 18.4. The second kappa shape index (κ2) is 7.34. The van der Waals surface area contributed by atoms with Gasteiger partial charge < -0.3 is 24.7 Å². The molecule has 2 atom stereocenters. The Labute approximate surface area is 174 Å². The zero-order chi connectivity index (χ0) is 20.7. The van der Waals surface area contributed by atoms with Crippen LogP contribution < -0.4 is 9.47 Å². The number of phenols is 2.